The summed E-state index contributed by atoms with van der Waals surface area (Å²) < 4.78 is 6.65. The maximum atomic E-state index is 12.1. The van der Waals surface area contributed by atoms with Crippen molar-refractivity contribution in [2.75, 3.05) is 7.11 Å². The Balaban J connectivity index is 2.04. The molecule has 1 atom stereocenters. The van der Waals surface area contributed by atoms with Gasteiger partial charge in [-0.2, -0.15) is 5.10 Å². The van der Waals surface area contributed by atoms with Gasteiger partial charge in [0.15, 0.2) is 0 Å². The van der Waals surface area contributed by atoms with E-state index in [4.69, 9.17) is 10.6 Å². The molecule has 2 aromatic carbocycles. The lowest BCUT2D eigenvalue weighted by Crippen LogP contribution is -2.30. The number of aromatic nitrogens is 2. The van der Waals surface area contributed by atoms with Gasteiger partial charge in [-0.05, 0) is 29.8 Å². The van der Waals surface area contributed by atoms with Crippen LogP contribution in [0, 0.1) is 0 Å². The molecular weight excluding hydrogens is 320 g/mol. The Labute approximate surface area is 144 Å². The standard InChI is InChI=1S/C18H18N4O3/c1-25-14-9-7-13(8-10-14)22-11-15(18(24)20-19)16(21-22)17(23)12-5-3-2-4-6-12/h2-11,17,23H,19H2,1H3,(H,20,24)/t17-/m1/s1. The van der Waals surface area contributed by atoms with E-state index < -0.39 is 12.0 Å². The average molecular weight is 338 g/mol. The first-order valence-electron chi connectivity index (χ1n) is 7.62. The number of hydrogen-bond acceptors (Lipinski definition) is 5. The zero-order valence-corrected chi connectivity index (χ0v) is 13.6. The number of amides is 1. The molecule has 4 N–H and O–H groups in total. The number of ether oxygens (including phenoxy) is 1. The molecule has 1 heterocycles. The van der Waals surface area contributed by atoms with E-state index >= 15 is 0 Å². The average Bonchev–Trinajstić information content (AvgIpc) is 3.13. The predicted octanol–water partition coefficient (Wildman–Crippen LogP) is 1.57. The fourth-order valence-corrected chi connectivity index (χ4v) is 2.50. The normalized spacial score (nSPS) is 11.8. The summed E-state index contributed by atoms with van der Waals surface area (Å²) in [7, 11) is 1.58. The number of methoxy groups -OCH3 is 1. The van der Waals surface area contributed by atoms with E-state index in [1.165, 1.54) is 10.9 Å². The number of nitrogen functional groups attached to an aromatic ring is 1. The highest BCUT2D eigenvalue weighted by Crippen LogP contribution is 2.25. The summed E-state index contributed by atoms with van der Waals surface area (Å²) in [6, 6.07) is 16.2. The van der Waals surface area contributed by atoms with E-state index in [0.717, 1.165) is 5.69 Å². The molecule has 0 aliphatic carbocycles. The van der Waals surface area contributed by atoms with Gasteiger partial charge in [0, 0.05) is 6.20 Å². The lowest BCUT2D eigenvalue weighted by atomic mass is 10.0. The van der Waals surface area contributed by atoms with E-state index in [1.807, 2.05) is 18.2 Å². The molecule has 1 amide bonds. The van der Waals surface area contributed by atoms with Crippen molar-refractivity contribution in [1.29, 1.82) is 0 Å². The van der Waals surface area contributed by atoms with Crippen LogP contribution >= 0.6 is 0 Å². The van der Waals surface area contributed by atoms with Crippen LogP contribution < -0.4 is 16.0 Å². The van der Waals surface area contributed by atoms with Gasteiger partial charge in [-0.15, -0.1) is 0 Å². The first kappa shape index (κ1) is 16.7. The maximum Gasteiger partial charge on any atom is 0.268 e. The summed E-state index contributed by atoms with van der Waals surface area (Å²) in [5.74, 6) is 5.45. The summed E-state index contributed by atoms with van der Waals surface area (Å²) >= 11 is 0. The highest BCUT2D eigenvalue weighted by molar-refractivity contribution is 5.95. The summed E-state index contributed by atoms with van der Waals surface area (Å²) in [5, 5.41) is 15.0. The van der Waals surface area contributed by atoms with Crippen LogP contribution in [-0.2, 0) is 0 Å². The van der Waals surface area contributed by atoms with Crippen LogP contribution in [0.2, 0.25) is 0 Å². The van der Waals surface area contributed by atoms with E-state index in [1.54, 1.807) is 43.5 Å². The van der Waals surface area contributed by atoms with Gasteiger partial charge in [0.2, 0.25) is 0 Å². The number of hydrazine groups is 1. The minimum absolute atomic E-state index is 0.203. The largest absolute Gasteiger partial charge is 0.497 e. The SMILES string of the molecule is COc1ccc(-n2cc(C(=O)NN)c([C@H](O)c3ccccc3)n2)cc1. The Bertz CT molecular complexity index is 860. The molecule has 3 rings (SSSR count). The number of hydrogen-bond donors (Lipinski definition) is 3. The molecule has 0 radical (unpaired) electrons. The second-order valence-corrected chi connectivity index (χ2v) is 5.36. The number of aliphatic hydroxyl groups is 1. The van der Waals surface area contributed by atoms with Crippen LogP contribution in [-0.4, -0.2) is 27.9 Å². The van der Waals surface area contributed by atoms with Gasteiger partial charge in [-0.1, -0.05) is 30.3 Å². The smallest absolute Gasteiger partial charge is 0.268 e. The third-order valence-electron chi connectivity index (χ3n) is 3.83. The van der Waals surface area contributed by atoms with E-state index in [9.17, 15) is 9.90 Å². The molecule has 0 aliphatic heterocycles. The van der Waals surface area contributed by atoms with Gasteiger partial charge in [0.25, 0.3) is 5.91 Å². The molecule has 25 heavy (non-hydrogen) atoms. The van der Waals surface area contributed by atoms with Gasteiger partial charge in [0.05, 0.1) is 18.4 Å². The Kier molecular flexibility index (Phi) is 4.78. The fourth-order valence-electron chi connectivity index (χ4n) is 2.50. The molecule has 0 unspecified atom stereocenters. The molecule has 128 valence electrons. The van der Waals surface area contributed by atoms with Crippen LogP contribution in [0.5, 0.6) is 5.75 Å². The summed E-state index contributed by atoms with van der Waals surface area (Å²) in [6.07, 6.45) is 0.485. The van der Waals surface area contributed by atoms with Gasteiger partial charge in [-0.25, -0.2) is 10.5 Å². The van der Waals surface area contributed by atoms with Crippen LogP contribution in [0.25, 0.3) is 5.69 Å². The van der Waals surface area contributed by atoms with E-state index in [-0.39, 0.29) is 11.3 Å². The number of carbonyl (C=O) groups excluding carboxylic acids is 1. The summed E-state index contributed by atoms with van der Waals surface area (Å²) in [4.78, 5) is 12.1. The van der Waals surface area contributed by atoms with Gasteiger partial charge < -0.3 is 9.84 Å². The Morgan fingerprint density at radius 2 is 1.88 bits per heavy atom. The lowest BCUT2D eigenvalue weighted by Gasteiger charge is -2.10. The third kappa shape index (κ3) is 3.37. The van der Waals surface area contributed by atoms with Crippen molar-refractivity contribution in [3.63, 3.8) is 0 Å². The molecule has 0 saturated heterocycles. The van der Waals surface area contributed by atoms with Crippen molar-refractivity contribution < 1.29 is 14.6 Å². The number of benzene rings is 2. The van der Waals surface area contributed by atoms with Crippen molar-refractivity contribution in [2.24, 2.45) is 5.84 Å². The molecule has 0 aliphatic rings. The van der Waals surface area contributed by atoms with E-state index in [0.29, 0.717) is 11.3 Å². The number of nitrogens with one attached hydrogen (secondary N) is 1. The van der Waals surface area contributed by atoms with Crippen LogP contribution in [0.4, 0.5) is 0 Å². The number of rotatable bonds is 5. The molecule has 0 saturated carbocycles. The summed E-state index contributed by atoms with van der Waals surface area (Å²) in [5.41, 5.74) is 3.87. The topological polar surface area (TPSA) is 102 Å². The minimum Gasteiger partial charge on any atom is -0.497 e. The Morgan fingerprint density at radius 3 is 2.48 bits per heavy atom. The third-order valence-corrected chi connectivity index (χ3v) is 3.83. The zero-order chi connectivity index (χ0) is 17.8. The van der Waals surface area contributed by atoms with Gasteiger partial charge >= 0.3 is 0 Å². The minimum atomic E-state index is -1.05. The molecular formula is C18H18N4O3. The van der Waals surface area contributed by atoms with Crippen LogP contribution in [0.1, 0.15) is 27.7 Å². The first-order valence-corrected chi connectivity index (χ1v) is 7.62. The zero-order valence-electron chi connectivity index (χ0n) is 13.6. The molecule has 7 nitrogen and oxygen atoms in total. The van der Waals surface area contributed by atoms with Crippen molar-refractivity contribution in [1.82, 2.24) is 15.2 Å². The predicted molar refractivity (Wildman–Crippen MR) is 92.3 cm³/mol. The Morgan fingerprint density at radius 1 is 1.20 bits per heavy atom. The maximum absolute atomic E-state index is 12.1. The van der Waals surface area contributed by atoms with Crippen LogP contribution in [0.15, 0.2) is 60.8 Å². The van der Waals surface area contributed by atoms with Gasteiger partial charge in [0.1, 0.15) is 17.5 Å². The number of nitrogens with two attached hydrogens (primary N) is 1. The highest BCUT2D eigenvalue weighted by Gasteiger charge is 2.23. The quantitative estimate of drug-likeness (QED) is 0.372. The molecule has 0 bridgehead atoms. The number of carbonyl (C=O) groups is 1. The molecule has 0 spiro atoms. The number of aliphatic hydroxyl groups excluding tert-OH is 1. The molecule has 0 fully saturated rings. The molecule has 1 aromatic heterocycles. The van der Waals surface area contributed by atoms with E-state index in [2.05, 4.69) is 10.5 Å². The molecule has 7 heteroatoms. The lowest BCUT2D eigenvalue weighted by molar-refractivity contribution is 0.0948. The van der Waals surface area contributed by atoms with Gasteiger partial charge in [-0.3, -0.25) is 10.2 Å². The Hall–Kier alpha value is -3.16. The van der Waals surface area contributed by atoms with Crippen molar-refractivity contribution >= 4 is 5.91 Å². The molecule has 3 aromatic rings. The van der Waals surface area contributed by atoms with Crippen molar-refractivity contribution in [3.8, 4) is 11.4 Å². The van der Waals surface area contributed by atoms with Crippen molar-refractivity contribution in [2.45, 2.75) is 6.10 Å². The fraction of sp³-hybridized carbons (Fsp3) is 0.111. The first-order chi connectivity index (χ1) is 12.1. The second-order valence-electron chi connectivity index (χ2n) is 5.36. The summed E-state index contributed by atoms with van der Waals surface area (Å²) in [6.45, 7) is 0. The monoisotopic (exact) mass is 338 g/mol. The second kappa shape index (κ2) is 7.16. The number of nitrogens with zero attached hydrogens (tertiary/aromatic N) is 2. The highest BCUT2D eigenvalue weighted by atomic mass is 16.5. The van der Waals surface area contributed by atoms with Crippen molar-refractivity contribution in [3.05, 3.63) is 77.6 Å². The van der Waals surface area contributed by atoms with Crippen LogP contribution in [0.3, 0.4) is 0 Å².